The van der Waals surface area contributed by atoms with E-state index < -0.39 is 18.1 Å². The van der Waals surface area contributed by atoms with Crippen molar-refractivity contribution >= 4 is 5.91 Å². The van der Waals surface area contributed by atoms with Gasteiger partial charge in [-0.1, -0.05) is 35.9 Å². The first kappa shape index (κ1) is 13.4. The molecule has 1 aromatic carbocycles. The van der Waals surface area contributed by atoms with Gasteiger partial charge in [0.05, 0.1) is 6.20 Å². The van der Waals surface area contributed by atoms with Crippen LogP contribution in [0.3, 0.4) is 0 Å². The van der Waals surface area contributed by atoms with Gasteiger partial charge in [-0.25, -0.2) is 0 Å². The van der Waals surface area contributed by atoms with Crippen LogP contribution in [0.15, 0.2) is 42.8 Å². The van der Waals surface area contributed by atoms with E-state index in [-0.39, 0.29) is 6.42 Å². The minimum Gasteiger partial charge on any atom is -0.395 e. The third-order valence-corrected chi connectivity index (χ3v) is 2.99. The molecular weight excluding hydrogens is 246 g/mol. The van der Waals surface area contributed by atoms with Gasteiger partial charge < -0.3 is 15.7 Å². The SMILES string of the molecule is NC(=O)C(Cc1ccccc1)CC(O)N1C=CON1. The number of rotatable bonds is 6. The second-order valence-electron chi connectivity index (χ2n) is 4.41. The second kappa shape index (κ2) is 6.21. The molecule has 19 heavy (non-hydrogen) atoms. The van der Waals surface area contributed by atoms with Gasteiger partial charge in [-0.2, -0.15) is 0 Å². The van der Waals surface area contributed by atoms with Gasteiger partial charge in [0, 0.05) is 12.3 Å². The number of amides is 1. The van der Waals surface area contributed by atoms with E-state index in [1.54, 1.807) is 6.20 Å². The number of hydrazine groups is 1. The molecule has 1 aromatic rings. The Bertz CT molecular complexity index is 450. The summed E-state index contributed by atoms with van der Waals surface area (Å²) in [6, 6.07) is 9.58. The quantitative estimate of drug-likeness (QED) is 0.685. The maximum atomic E-state index is 11.5. The van der Waals surface area contributed by atoms with Gasteiger partial charge >= 0.3 is 0 Å². The summed E-state index contributed by atoms with van der Waals surface area (Å²) in [7, 11) is 0. The summed E-state index contributed by atoms with van der Waals surface area (Å²) in [5.74, 6) is -0.861. The number of benzene rings is 1. The molecule has 2 atom stereocenters. The molecule has 0 saturated heterocycles. The van der Waals surface area contributed by atoms with E-state index in [9.17, 15) is 9.90 Å². The first-order chi connectivity index (χ1) is 9.16. The Hall–Kier alpha value is -2.05. The summed E-state index contributed by atoms with van der Waals surface area (Å²) < 4.78 is 0. The Morgan fingerprint density at radius 3 is 2.74 bits per heavy atom. The molecule has 2 unspecified atom stereocenters. The molecule has 0 bridgehead atoms. The molecule has 1 amide bonds. The Morgan fingerprint density at radius 2 is 2.16 bits per heavy atom. The van der Waals surface area contributed by atoms with Crippen LogP contribution in [0.25, 0.3) is 0 Å². The highest BCUT2D eigenvalue weighted by molar-refractivity contribution is 5.77. The molecule has 4 N–H and O–H groups in total. The first-order valence-corrected chi connectivity index (χ1v) is 6.04. The summed E-state index contributed by atoms with van der Waals surface area (Å²) >= 11 is 0. The number of hydrogen-bond donors (Lipinski definition) is 3. The predicted octanol–water partition coefficient (Wildman–Crippen LogP) is 0.262. The molecule has 2 rings (SSSR count). The number of hydrogen-bond acceptors (Lipinski definition) is 5. The number of carbonyl (C=O) groups excluding carboxylic acids is 1. The lowest BCUT2D eigenvalue weighted by Gasteiger charge is -2.24. The van der Waals surface area contributed by atoms with E-state index in [2.05, 4.69) is 5.59 Å². The topological polar surface area (TPSA) is 87.8 Å². The number of primary amides is 1. The van der Waals surface area contributed by atoms with Crippen molar-refractivity contribution in [2.45, 2.75) is 19.1 Å². The zero-order chi connectivity index (χ0) is 13.7. The maximum Gasteiger partial charge on any atom is 0.221 e. The standard InChI is InChI=1S/C13H17N3O3/c14-13(18)11(8-10-4-2-1-3-5-10)9-12(17)16-6-7-19-15-16/h1-7,11-12,15,17H,8-9H2,(H2,14,18). The maximum absolute atomic E-state index is 11.5. The van der Waals surface area contributed by atoms with Gasteiger partial charge in [0.25, 0.3) is 0 Å². The normalized spacial score (nSPS) is 17.0. The van der Waals surface area contributed by atoms with Crippen molar-refractivity contribution in [1.82, 2.24) is 10.6 Å². The van der Waals surface area contributed by atoms with Gasteiger partial charge in [0.2, 0.25) is 5.91 Å². The lowest BCUT2D eigenvalue weighted by molar-refractivity contribution is -0.126. The van der Waals surface area contributed by atoms with Crippen LogP contribution in [0.4, 0.5) is 0 Å². The van der Waals surface area contributed by atoms with Gasteiger partial charge in [-0.3, -0.25) is 9.80 Å². The Morgan fingerprint density at radius 1 is 1.42 bits per heavy atom. The summed E-state index contributed by atoms with van der Waals surface area (Å²) in [6.45, 7) is 0. The van der Waals surface area contributed by atoms with Crippen molar-refractivity contribution in [3.8, 4) is 0 Å². The molecule has 0 fully saturated rings. The van der Waals surface area contributed by atoms with E-state index in [4.69, 9.17) is 10.6 Å². The van der Waals surface area contributed by atoms with Crippen LogP contribution in [0.1, 0.15) is 12.0 Å². The first-order valence-electron chi connectivity index (χ1n) is 6.04. The van der Waals surface area contributed by atoms with E-state index in [0.29, 0.717) is 6.42 Å². The van der Waals surface area contributed by atoms with E-state index in [1.807, 2.05) is 30.3 Å². The van der Waals surface area contributed by atoms with Crippen LogP contribution in [-0.2, 0) is 16.1 Å². The van der Waals surface area contributed by atoms with Gasteiger partial charge in [0.1, 0.15) is 12.5 Å². The van der Waals surface area contributed by atoms with Crippen molar-refractivity contribution in [2.75, 3.05) is 0 Å². The average molecular weight is 263 g/mol. The fraction of sp³-hybridized carbons (Fsp3) is 0.308. The van der Waals surface area contributed by atoms with Crippen LogP contribution in [0.5, 0.6) is 0 Å². The summed E-state index contributed by atoms with van der Waals surface area (Å²) in [5, 5.41) is 11.3. The molecule has 6 nitrogen and oxygen atoms in total. The molecule has 1 aliphatic rings. The molecule has 6 heteroatoms. The molecule has 1 heterocycles. The molecule has 102 valence electrons. The largest absolute Gasteiger partial charge is 0.395 e. The highest BCUT2D eigenvalue weighted by Gasteiger charge is 2.24. The molecule has 0 radical (unpaired) electrons. The third-order valence-electron chi connectivity index (χ3n) is 2.99. The van der Waals surface area contributed by atoms with E-state index >= 15 is 0 Å². The van der Waals surface area contributed by atoms with Crippen molar-refractivity contribution in [3.63, 3.8) is 0 Å². The van der Waals surface area contributed by atoms with Crippen molar-refractivity contribution < 1.29 is 14.7 Å². The fourth-order valence-corrected chi connectivity index (χ4v) is 1.94. The number of carbonyl (C=O) groups is 1. The third kappa shape index (κ3) is 3.70. The zero-order valence-electron chi connectivity index (χ0n) is 10.4. The Kier molecular flexibility index (Phi) is 4.38. The number of aliphatic hydroxyl groups is 1. The van der Waals surface area contributed by atoms with Crippen molar-refractivity contribution in [1.29, 1.82) is 0 Å². The number of nitrogens with zero attached hydrogens (tertiary/aromatic N) is 1. The molecular formula is C13H17N3O3. The highest BCUT2D eigenvalue weighted by atomic mass is 16.7. The van der Waals surface area contributed by atoms with Gasteiger partial charge in [-0.15, -0.1) is 0 Å². The monoisotopic (exact) mass is 263 g/mol. The highest BCUT2D eigenvalue weighted by Crippen LogP contribution is 2.16. The molecule has 0 spiro atoms. The predicted molar refractivity (Wildman–Crippen MR) is 68.7 cm³/mol. The van der Waals surface area contributed by atoms with Gasteiger partial charge in [-0.05, 0) is 12.0 Å². The van der Waals surface area contributed by atoms with Gasteiger partial charge in [0.15, 0.2) is 0 Å². The summed E-state index contributed by atoms with van der Waals surface area (Å²) in [5.41, 5.74) is 8.89. The number of aliphatic hydroxyl groups excluding tert-OH is 1. The number of nitrogens with one attached hydrogen (secondary N) is 1. The second-order valence-corrected chi connectivity index (χ2v) is 4.41. The van der Waals surface area contributed by atoms with E-state index in [0.717, 1.165) is 5.56 Å². The Balaban J connectivity index is 1.96. The minimum atomic E-state index is -0.875. The lowest BCUT2D eigenvalue weighted by atomic mass is 9.95. The van der Waals surface area contributed by atoms with Crippen molar-refractivity contribution in [3.05, 3.63) is 48.4 Å². The van der Waals surface area contributed by atoms with Crippen LogP contribution in [0, 0.1) is 5.92 Å². The minimum absolute atomic E-state index is 0.227. The van der Waals surface area contributed by atoms with Crippen LogP contribution >= 0.6 is 0 Å². The lowest BCUT2D eigenvalue weighted by Crippen LogP contribution is -2.41. The summed E-state index contributed by atoms with van der Waals surface area (Å²) in [4.78, 5) is 16.2. The number of nitrogens with two attached hydrogens (primary N) is 1. The molecule has 0 saturated carbocycles. The van der Waals surface area contributed by atoms with E-state index in [1.165, 1.54) is 11.3 Å². The fourth-order valence-electron chi connectivity index (χ4n) is 1.94. The zero-order valence-corrected chi connectivity index (χ0v) is 10.4. The molecule has 0 aromatic heterocycles. The smallest absolute Gasteiger partial charge is 0.221 e. The average Bonchev–Trinajstić information content (AvgIpc) is 2.93. The summed E-state index contributed by atoms with van der Waals surface area (Å²) in [6.07, 6.45) is 2.81. The molecule has 1 aliphatic heterocycles. The Labute approximate surface area is 111 Å². The molecule has 0 aliphatic carbocycles. The van der Waals surface area contributed by atoms with Crippen LogP contribution in [-0.4, -0.2) is 22.3 Å². The van der Waals surface area contributed by atoms with Crippen molar-refractivity contribution in [2.24, 2.45) is 11.7 Å². The van der Waals surface area contributed by atoms with Crippen LogP contribution < -0.4 is 11.3 Å². The van der Waals surface area contributed by atoms with Crippen LogP contribution in [0.2, 0.25) is 0 Å².